The molecule has 2 aromatic rings. The Kier molecular flexibility index (Phi) is 4.98. The highest BCUT2D eigenvalue weighted by Gasteiger charge is 2.26. The highest BCUT2D eigenvalue weighted by Crippen LogP contribution is 2.33. The molecule has 0 radical (unpaired) electrons. The number of nitrogens with one attached hydrogen (secondary N) is 1. The van der Waals surface area contributed by atoms with Crippen LogP contribution < -0.4 is 26.2 Å². The van der Waals surface area contributed by atoms with Crippen molar-refractivity contribution in [1.82, 2.24) is 4.98 Å². The van der Waals surface area contributed by atoms with Crippen LogP contribution in [-0.2, 0) is 0 Å². The molecule has 2 rings (SSSR count). The van der Waals surface area contributed by atoms with Crippen molar-refractivity contribution in [2.24, 2.45) is 0 Å². The smallest absolute Gasteiger partial charge is 0.496 e. The second-order valence-electron chi connectivity index (χ2n) is 4.88. The van der Waals surface area contributed by atoms with Gasteiger partial charge in [-0.05, 0) is 17.7 Å². The Hall–Kier alpha value is -3.47. The maximum absolute atomic E-state index is 12.0. The topological polar surface area (TPSA) is 165 Å². The molecular weight excluding hydrogens is 327 g/mol. The lowest BCUT2D eigenvalue weighted by molar-refractivity contribution is 0.385. The summed E-state index contributed by atoms with van der Waals surface area (Å²) in [5.41, 5.74) is 4.71. The molecule has 0 saturated heterocycles. The number of nitrogen functional groups attached to an aromatic ring is 1. The number of anilines is 1. The van der Waals surface area contributed by atoms with Gasteiger partial charge in [-0.25, -0.2) is 0 Å². The maximum Gasteiger partial charge on any atom is 0.496 e. The third kappa shape index (κ3) is 2.99. The average molecular weight is 340 g/mol. The number of ether oxygens (including phenoxy) is 2. The molecule has 0 fully saturated rings. The van der Waals surface area contributed by atoms with E-state index in [2.05, 4.69) is 4.98 Å². The number of hydrogen-bond acceptors (Lipinski definition) is 8. The van der Waals surface area contributed by atoms with Gasteiger partial charge in [-0.3, -0.25) is 4.79 Å². The molecule has 1 heterocycles. The molecule has 0 amide bonds. The van der Waals surface area contributed by atoms with Gasteiger partial charge in [0, 0.05) is 5.56 Å². The Morgan fingerprint density at radius 1 is 1.12 bits per heavy atom. The quantitative estimate of drug-likeness (QED) is 0.518. The zero-order valence-corrected chi connectivity index (χ0v) is 13.3. The molecule has 10 heteroatoms. The summed E-state index contributed by atoms with van der Waals surface area (Å²) in [7, 11) is 0.717. The number of nitriles is 2. The van der Waals surface area contributed by atoms with Crippen molar-refractivity contribution >= 4 is 18.4 Å². The molecule has 1 aromatic heterocycles. The van der Waals surface area contributed by atoms with E-state index in [-0.39, 0.29) is 45.0 Å². The molecule has 0 bridgehead atoms. The van der Waals surface area contributed by atoms with E-state index in [0.717, 1.165) is 0 Å². The summed E-state index contributed by atoms with van der Waals surface area (Å²) in [5, 5.41) is 37.7. The van der Waals surface area contributed by atoms with Gasteiger partial charge < -0.3 is 30.2 Å². The minimum atomic E-state index is -1.88. The van der Waals surface area contributed by atoms with Gasteiger partial charge in [-0.15, -0.1) is 0 Å². The number of benzene rings is 1. The molecule has 126 valence electrons. The van der Waals surface area contributed by atoms with E-state index in [1.807, 2.05) is 6.07 Å². The predicted octanol–water partition coefficient (Wildman–Crippen LogP) is -0.936. The summed E-state index contributed by atoms with van der Waals surface area (Å²) < 4.78 is 10.3. The van der Waals surface area contributed by atoms with Gasteiger partial charge in [-0.1, -0.05) is 0 Å². The number of aromatic nitrogens is 1. The zero-order valence-electron chi connectivity index (χ0n) is 13.3. The number of nitrogens with zero attached hydrogens (tertiary/aromatic N) is 2. The van der Waals surface area contributed by atoms with Crippen LogP contribution in [0.1, 0.15) is 11.1 Å². The van der Waals surface area contributed by atoms with Crippen LogP contribution in [0.15, 0.2) is 16.9 Å². The predicted molar refractivity (Wildman–Crippen MR) is 89.3 cm³/mol. The highest BCUT2D eigenvalue weighted by atomic mass is 16.5. The van der Waals surface area contributed by atoms with Gasteiger partial charge in [0.05, 0.1) is 19.7 Å². The highest BCUT2D eigenvalue weighted by molar-refractivity contribution is 6.61. The molecule has 0 atom stereocenters. The Morgan fingerprint density at radius 2 is 1.64 bits per heavy atom. The van der Waals surface area contributed by atoms with E-state index in [9.17, 15) is 25.4 Å². The summed E-state index contributed by atoms with van der Waals surface area (Å²) in [6.45, 7) is 0. The number of nitrogens with two attached hydrogens (primary N) is 1. The maximum atomic E-state index is 12.0. The second kappa shape index (κ2) is 6.97. The summed E-state index contributed by atoms with van der Waals surface area (Å²) in [6.07, 6.45) is 0. The van der Waals surface area contributed by atoms with E-state index in [4.69, 9.17) is 15.2 Å². The number of methoxy groups -OCH3 is 2. The van der Waals surface area contributed by atoms with Crippen molar-refractivity contribution < 1.29 is 19.5 Å². The molecule has 0 aliphatic heterocycles. The molecule has 1 aromatic carbocycles. The minimum Gasteiger partial charge on any atom is -0.497 e. The molecule has 9 nitrogen and oxygen atoms in total. The van der Waals surface area contributed by atoms with E-state index >= 15 is 0 Å². The Balaban J connectivity index is 2.96. The molecular formula is C15H13BN4O5. The van der Waals surface area contributed by atoms with Crippen molar-refractivity contribution in [1.29, 1.82) is 10.5 Å². The van der Waals surface area contributed by atoms with E-state index in [0.29, 0.717) is 0 Å². The first-order chi connectivity index (χ1) is 11.9. The number of H-pyrrole nitrogens is 1. The number of aromatic amines is 1. The van der Waals surface area contributed by atoms with Crippen LogP contribution in [0.2, 0.25) is 0 Å². The standard InChI is InChI=1S/C15H13BN4O5/c1-24-10-3-7(4-11(25-2)13(10)16(22)23)12-8(5-17)14(19)20-15(21)9(12)6-18/h3-4,22-23H,1-2H3,(H3,19,20,21). The van der Waals surface area contributed by atoms with Gasteiger partial charge in [0.15, 0.2) is 0 Å². The third-order valence-corrected chi connectivity index (χ3v) is 3.56. The van der Waals surface area contributed by atoms with Crippen LogP contribution in [-0.4, -0.2) is 36.4 Å². The summed E-state index contributed by atoms with van der Waals surface area (Å²) >= 11 is 0. The summed E-state index contributed by atoms with van der Waals surface area (Å²) in [5.74, 6) is -0.113. The third-order valence-electron chi connectivity index (χ3n) is 3.56. The first-order valence-electron chi connectivity index (χ1n) is 6.87. The van der Waals surface area contributed by atoms with Gasteiger partial charge in [0.25, 0.3) is 5.56 Å². The van der Waals surface area contributed by atoms with E-state index in [1.165, 1.54) is 26.4 Å². The molecule has 0 spiro atoms. The Morgan fingerprint density at radius 3 is 2.04 bits per heavy atom. The first-order valence-corrected chi connectivity index (χ1v) is 6.87. The van der Waals surface area contributed by atoms with Crippen LogP contribution >= 0.6 is 0 Å². The fourth-order valence-electron chi connectivity index (χ4n) is 2.47. The number of rotatable bonds is 4. The van der Waals surface area contributed by atoms with Gasteiger partial charge >= 0.3 is 7.12 Å². The fraction of sp³-hybridized carbons (Fsp3) is 0.133. The van der Waals surface area contributed by atoms with E-state index in [1.54, 1.807) is 6.07 Å². The molecule has 0 aliphatic carbocycles. The summed E-state index contributed by atoms with van der Waals surface area (Å²) in [6, 6.07) is 6.30. The lowest BCUT2D eigenvalue weighted by Crippen LogP contribution is -2.32. The molecule has 0 saturated carbocycles. The first kappa shape index (κ1) is 17.9. The molecule has 25 heavy (non-hydrogen) atoms. The number of hydrogen-bond donors (Lipinski definition) is 4. The van der Waals surface area contributed by atoms with Crippen LogP contribution in [0.5, 0.6) is 11.5 Å². The zero-order chi connectivity index (χ0) is 18.7. The lowest BCUT2D eigenvalue weighted by Gasteiger charge is -2.16. The normalized spacial score (nSPS) is 9.84. The van der Waals surface area contributed by atoms with Gasteiger partial charge in [-0.2, -0.15) is 10.5 Å². The SMILES string of the molecule is COc1cc(-c2c(C#N)c(N)[nH]c(=O)c2C#N)cc(OC)c1B(O)O. The van der Waals surface area contributed by atoms with Crippen molar-refractivity contribution in [3.8, 4) is 34.8 Å². The van der Waals surface area contributed by atoms with Gasteiger partial charge in [0.1, 0.15) is 40.6 Å². The van der Waals surface area contributed by atoms with Crippen LogP contribution in [0.4, 0.5) is 5.82 Å². The monoisotopic (exact) mass is 340 g/mol. The average Bonchev–Trinajstić information content (AvgIpc) is 2.59. The van der Waals surface area contributed by atoms with Crippen molar-refractivity contribution in [3.63, 3.8) is 0 Å². The summed E-state index contributed by atoms with van der Waals surface area (Å²) in [4.78, 5) is 14.2. The molecule has 5 N–H and O–H groups in total. The van der Waals surface area contributed by atoms with Crippen molar-refractivity contribution in [2.45, 2.75) is 0 Å². The second-order valence-corrected chi connectivity index (χ2v) is 4.88. The van der Waals surface area contributed by atoms with E-state index < -0.39 is 12.7 Å². The molecule has 0 unspecified atom stereocenters. The van der Waals surface area contributed by atoms with Crippen LogP contribution in [0.25, 0.3) is 11.1 Å². The Labute approximate surface area is 142 Å². The Bertz CT molecular complexity index is 947. The van der Waals surface area contributed by atoms with Crippen LogP contribution in [0.3, 0.4) is 0 Å². The fourth-order valence-corrected chi connectivity index (χ4v) is 2.47. The molecule has 0 aliphatic rings. The number of pyridine rings is 1. The van der Waals surface area contributed by atoms with Crippen molar-refractivity contribution in [2.75, 3.05) is 20.0 Å². The largest absolute Gasteiger partial charge is 0.497 e. The van der Waals surface area contributed by atoms with Crippen molar-refractivity contribution in [3.05, 3.63) is 33.6 Å². The minimum absolute atomic E-state index is 0.00169. The van der Waals surface area contributed by atoms with Gasteiger partial charge in [0.2, 0.25) is 0 Å². The van der Waals surface area contributed by atoms with Crippen LogP contribution in [0, 0.1) is 22.7 Å². The lowest BCUT2D eigenvalue weighted by atomic mass is 9.77.